The first-order chi connectivity index (χ1) is 13.0. The monoisotopic (exact) mass is 388 g/mol. The van der Waals surface area contributed by atoms with Crippen molar-refractivity contribution < 1.29 is 13.9 Å². The second-order valence-corrected chi connectivity index (χ2v) is 6.96. The molecule has 1 fully saturated rings. The lowest BCUT2D eigenvalue weighted by atomic mass is 10.1. The zero-order valence-corrected chi connectivity index (χ0v) is 15.5. The quantitative estimate of drug-likeness (QED) is 0.732. The molecule has 1 aliphatic heterocycles. The number of carbonyl (C=O) groups is 1. The fourth-order valence-electron chi connectivity index (χ4n) is 3.21. The van der Waals surface area contributed by atoms with E-state index < -0.39 is 11.9 Å². The lowest BCUT2D eigenvalue weighted by molar-refractivity contribution is 0.0668. The Labute approximate surface area is 160 Å². The minimum Gasteiger partial charge on any atom is -0.381 e. The van der Waals surface area contributed by atoms with Gasteiger partial charge in [0.2, 0.25) is 5.95 Å². The molecule has 6 nitrogen and oxygen atoms in total. The summed E-state index contributed by atoms with van der Waals surface area (Å²) in [5.74, 6) is -1.17. The molecule has 8 heteroatoms. The van der Waals surface area contributed by atoms with Crippen LogP contribution in [-0.2, 0) is 4.74 Å². The first-order valence-corrected chi connectivity index (χ1v) is 9.10. The first kappa shape index (κ1) is 17.9. The molecule has 0 atom stereocenters. The van der Waals surface area contributed by atoms with E-state index in [4.69, 9.17) is 16.3 Å². The molecule has 0 unspecified atom stereocenters. The number of hydrogen-bond donors (Lipinski definition) is 1. The molecule has 4 rings (SSSR count). The van der Waals surface area contributed by atoms with Crippen LogP contribution in [0.4, 0.5) is 10.1 Å². The first-order valence-electron chi connectivity index (χ1n) is 8.72. The van der Waals surface area contributed by atoms with Crippen LogP contribution in [0.2, 0.25) is 5.02 Å². The Morgan fingerprint density at radius 1 is 1.30 bits per heavy atom. The molecule has 3 heterocycles. The fraction of sp³-hybridized carbons (Fsp3) is 0.316. The number of rotatable bonds is 3. The summed E-state index contributed by atoms with van der Waals surface area (Å²) in [5, 5.41) is 6.82. The average molecular weight is 389 g/mol. The molecular formula is C19H18ClFN4O2. The molecule has 0 saturated carbocycles. The van der Waals surface area contributed by atoms with Gasteiger partial charge in [-0.25, -0.2) is 9.67 Å². The van der Waals surface area contributed by atoms with Crippen LogP contribution in [0.15, 0.2) is 30.5 Å². The molecule has 1 amide bonds. The molecule has 140 valence electrons. The number of pyridine rings is 1. The molecule has 0 radical (unpaired) electrons. The van der Waals surface area contributed by atoms with Gasteiger partial charge in [-0.2, -0.15) is 4.39 Å². The second-order valence-electron chi connectivity index (χ2n) is 6.58. The van der Waals surface area contributed by atoms with Gasteiger partial charge in [-0.15, -0.1) is 5.10 Å². The third-order valence-electron chi connectivity index (χ3n) is 4.71. The maximum atomic E-state index is 14.5. The summed E-state index contributed by atoms with van der Waals surface area (Å²) in [4.78, 5) is 16.9. The van der Waals surface area contributed by atoms with Gasteiger partial charge in [-0.1, -0.05) is 29.3 Å². The Kier molecular flexibility index (Phi) is 4.80. The molecule has 1 saturated heterocycles. The largest absolute Gasteiger partial charge is 0.381 e. The van der Waals surface area contributed by atoms with Gasteiger partial charge in [0.15, 0.2) is 5.65 Å². The third kappa shape index (κ3) is 3.40. The van der Waals surface area contributed by atoms with Crippen molar-refractivity contribution in [1.82, 2.24) is 14.8 Å². The summed E-state index contributed by atoms with van der Waals surface area (Å²) in [6, 6.07) is 7.35. The number of aryl methyl sites for hydroxylation is 1. The molecule has 3 aromatic rings. The van der Waals surface area contributed by atoms with Crippen molar-refractivity contribution in [3.8, 4) is 0 Å². The Hall–Kier alpha value is -2.51. The van der Waals surface area contributed by atoms with Gasteiger partial charge < -0.3 is 10.1 Å². The van der Waals surface area contributed by atoms with Gasteiger partial charge >= 0.3 is 0 Å². The molecule has 0 aliphatic carbocycles. The van der Waals surface area contributed by atoms with Gasteiger partial charge in [0.05, 0.1) is 22.0 Å². The maximum absolute atomic E-state index is 14.5. The molecule has 0 bridgehead atoms. The van der Waals surface area contributed by atoms with Crippen LogP contribution in [0.5, 0.6) is 0 Å². The van der Waals surface area contributed by atoms with Crippen molar-refractivity contribution in [1.29, 1.82) is 0 Å². The highest BCUT2D eigenvalue weighted by atomic mass is 35.5. The van der Waals surface area contributed by atoms with Gasteiger partial charge in [-0.05, 0) is 31.9 Å². The van der Waals surface area contributed by atoms with Crippen molar-refractivity contribution >= 4 is 34.2 Å². The van der Waals surface area contributed by atoms with Crippen LogP contribution in [-0.4, -0.2) is 33.9 Å². The topological polar surface area (TPSA) is 69.0 Å². The van der Waals surface area contributed by atoms with E-state index in [1.807, 2.05) is 19.1 Å². The normalized spacial score (nSPS) is 15.2. The van der Waals surface area contributed by atoms with Gasteiger partial charge in [0, 0.05) is 25.1 Å². The zero-order chi connectivity index (χ0) is 19.0. The number of fused-ring (bicyclic) bond motifs is 1. The van der Waals surface area contributed by atoms with E-state index in [-0.39, 0.29) is 22.0 Å². The van der Waals surface area contributed by atoms with E-state index in [9.17, 15) is 9.18 Å². The van der Waals surface area contributed by atoms with Crippen molar-refractivity contribution in [2.75, 3.05) is 18.5 Å². The number of amides is 1. The van der Waals surface area contributed by atoms with Crippen LogP contribution >= 0.6 is 11.6 Å². The standard InChI is InChI=1S/C19H18ClFN4O2/c1-11-2-4-12(5-3-11)23-19(26)14-10-22-18-15(16(14)20)17(21)24-25(18)13-6-8-27-9-7-13/h2-5,10,13H,6-9H2,1H3,(H,23,26). The number of hydrogen-bond acceptors (Lipinski definition) is 4. The lowest BCUT2D eigenvalue weighted by Crippen LogP contribution is -2.21. The van der Waals surface area contributed by atoms with Crippen LogP contribution in [0.25, 0.3) is 11.0 Å². The van der Waals surface area contributed by atoms with Crippen LogP contribution in [0.3, 0.4) is 0 Å². The maximum Gasteiger partial charge on any atom is 0.258 e. The molecule has 0 spiro atoms. The molecule has 27 heavy (non-hydrogen) atoms. The van der Waals surface area contributed by atoms with Gasteiger partial charge in [0.25, 0.3) is 5.91 Å². The van der Waals surface area contributed by atoms with E-state index in [0.29, 0.717) is 24.5 Å². The smallest absolute Gasteiger partial charge is 0.258 e. The summed E-state index contributed by atoms with van der Waals surface area (Å²) >= 11 is 6.37. The molecule has 2 aromatic heterocycles. The van der Waals surface area contributed by atoms with Crippen LogP contribution < -0.4 is 5.32 Å². The minimum absolute atomic E-state index is 0.00144. The molecule has 1 aromatic carbocycles. The van der Waals surface area contributed by atoms with E-state index in [1.54, 1.807) is 16.8 Å². The molecule has 1 N–H and O–H groups in total. The number of aromatic nitrogens is 3. The Morgan fingerprint density at radius 3 is 2.70 bits per heavy atom. The van der Waals surface area contributed by atoms with Crippen LogP contribution in [0, 0.1) is 12.9 Å². The Balaban J connectivity index is 1.68. The highest BCUT2D eigenvalue weighted by molar-refractivity contribution is 6.38. The predicted molar refractivity (Wildman–Crippen MR) is 101 cm³/mol. The van der Waals surface area contributed by atoms with Crippen molar-refractivity contribution in [3.05, 3.63) is 52.6 Å². The average Bonchev–Trinajstić information content (AvgIpc) is 3.02. The van der Waals surface area contributed by atoms with Crippen LogP contribution in [0.1, 0.15) is 34.8 Å². The van der Waals surface area contributed by atoms with Gasteiger partial charge in [-0.3, -0.25) is 4.79 Å². The number of nitrogens with zero attached hydrogens (tertiary/aromatic N) is 3. The summed E-state index contributed by atoms with van der Waals surface area (Å²) in [5.41, 5.74) is 2.16. The number of halogens is 2. The molecule has 1 aliphatic rings. The minimum atomic E-state index is -0.723. The summed E-state index contributed by atoms with van der Waals surface area (Å²) < 4.78 is 21.4. The second kappa shape index (κ2) is 7.25. The summed E-state index contributed by atoms with van der Waals surface area (Å²) in [6.07, 6.45) is 2.82. The predicted octanol–water partition coefficient (Wildman–Crippen LogP) is 4.14. The van der Waals surface area contributed by atoms with E-state index >= 15 is 0 Å². The van der Waals surface area contributed by atoms with E-state index in [2.05, 4.69) is 15.4 Å². The number of carbonyl (C=O) groups excluding carboxylic acids is 1. The van der Waals surface area contributed by atoms with E-state index in [1.165, 1.54) is 6.20 Å². The Bertz CT molecular complexity index is 997. The lowest BCUT2D eigenvalue weighted by Gasteiger charge is -2.22. The van der Waals surface area contributed by atoms with Gasteiger partial charge in [0.1, 0.15) is 0 Å². The number of nitrogens with one attached hydrogen (secondary N) is 1. The summed E-state index contributed by atoms with van der Waals surface area (Å²) in [6.45, 7) is 3.15. The third-order valence-corrected chi connectivity index (χ3v) is 5.10. The van der Waals surface area contributed by atoms with E-state index in [0.717, 1.165) is 18.4 Å². The van der Waals surface area contributed by atoms with Crippen molar-refractivity contribution in [2.45, 2.75) is 25.8 Å². The number of ether oxygens (including phenoxy) is 1. The van der Waals surface area contributed by atoms with Crippen molar-refractivity contribution in [2.24, 2.45) is 0 Å². The highest BCUT2D eigenvalue weighted by Crippen LogP contribution is 2.32. The number of anilines is 1. The summed E-state index contributed by atoms with van der Waals surface area (Å²) in [7, 11) is 0. The van der Waals surface area contributed by atoms with Crippen molar-refractivity contribution in [3.63, 3.8) is 0 Å². The number of benzene rings is 1. The zero-order valence-electron chi connectivity index (χ0n) is 14.7. The fourth-order valence-corrected chi connectivity index (χ4v) is 3.50. The SMILES string of the molecule is Cc1ccc(NC(=O)c2cnc3c(c(F)nn3C3CCOCC3)c2Cl)cc1. The molecular weight excluding hydrogens is 371 g/mol. The highest BCUT2D eigenvalue weighted by Gasteiger charge is 2.25. The Morgan fingerprint density at radius 2 is 2.00 bits per heavy atom.